The van der Waals surface area contributed by atoms with Crippen LogP contribution < -0.4 is 0 Å². The summed E-state index contributed by atoms with van der Waals surface area (Å²) in [6, 6.07) is 0. The molecule has 0 aromatic heterocycles. The van der Waals surface area contributed by atoms with E-state index in [0.717, 1.165) is 38.5 Å². The van der Waals surface area contributed by atoms with Gasteiger partial charge in [0.15, 0.2) is 11.9 Å². The van der Waals surface area contributed by atoms with Gasteiger partial charge in [-0.25, -0.2) is 0 Å². The van der Waals surface area contributed by atoms with Gasteiger partial charge in [-0.3, -0.25) is 14.4 Å². The first-order valence-corrected chi connectivity index (χ1v) is 15.1. The Morgan fingerprint density at radius 3 is 2.00 bits per heavy atom. The van der Waals surface area contributed by atoms with E-state index in [-0.39, 0.29) is 31.2 Å². The summed E-state index contributed by atoms with van der Waals surface area (Å²) >= 11 is 0. The molecule has 0 spiro atoms. The molecule has 1 atom stereocenters. The largest absolute Gasteiger partial charge is 0.462 e. The van der Waals surface area contributed by atoms with Gasteiger partial charge < -0.3 is 14.6 Å². The molecule has 0 unspecified atom stereocenters. The molecule has 0 aromatic carbocycles. The summed E-state index contributed by atoms with van der Waals surface area (Å²) in [7, 11) is 0. The SMILES string of the molecule is CCCCC/C=C\C/C=C\C/C=C\C=C\C(=O)CCCC(=O)O[C@@H](CO)COC(=O)CCCCCCCCC. The fourth-order valence-corrected chi connectivity index (χ4v) is 3.74. The monoisotopic (exact) mass is 546 g/mol. The Morgan fingerprint density at radius 1 is 0.667 bits per heavy atom. The van der Waals surface area contributed by atoms with E-state index in [2.05, 4.69) is 38.2 Å². The smallest absolute Gasteiger partial charge is 0.306 e. The van der Waals surface area contributed by atoms with Crippen LogP contribution in [0.4, 0.5) is 0 Å². The highest BCUT2D eigenvalue weighted by Gasteiger charge is 2.16. The molecule has 39 heavy (non-hydrogen) atoms. The van der Waals surface area contributed by atoms with E-state index in [1.54, 1.807) is 6.08 Å². The maximum atomic E-state index is 12.0. The summed E-state index contributed by atoms with van der Waals surface area (Å²) in [6.45, 7) is 3.82. The first-order valence-electron chi connectivity index (χ1n) is 15.1. The van der Waals surface area contributed by atoms with Crippen molar-refractivity contribution in [1.82, 2.24) is 0 Å². The van der Waals surface area contributed by atoms with E-state index in [0.29, 0.717) is 12.8 Å². The van der Waals surface area contributed by atoms with Gasteiger partial charge in [-0.2, -0.15) is 0 Å². The zero-order chi connectivity index (χ0) is 28.8. The van der Waals surface area contributed by atoms with E-state index in [4.69, 9.17) is 9.47 Å². The number of ketones is 1. The Labute approximate surface area is 237 Å². The van der Waals surface area contributed by atoms with Crippen molar-refractivity contribution in [1.29, 1.82) is 0 Å². The van der Waals surface area contributed by atoms with E-state index >= 15 is 0 Å². The van der Waals surface area contributed by atoms with Crippen LogP contribution >= 0.6 is 0 Å². The second-order valence-electron chi connectivity index (χ2n) is 9.87. The average molecular weight is 547 g/mol. The molecular formula is C33H54O6. The van der Waals surface area contributed by atoms with Crippen LogP contribution in [0.15, 0.2) is 48.6 Å². The van der Waals surface area contributed by atoms with Crippen molar-refractivity contribution < 1.29 is 29.0 Å². The number of unbranched alkanes of at least 4 members (excludes halogenated alkanes) is 9. The van der Waals surface area contributed by atoms with Gasteiger partial charge in [0.05, 0.1) is 6.61 Å². The van der Waals surface area contributed by atoms with E-state index < -0.39 is 18.7 Å². The van der Waals surface area contributed by atoms with Gasteiger partial charge in [0.1, 0.15) is 6.61 Å². The van der Waals surface area contributed by atoms with Gasteiger partial charge >= 0.3 is 11.9 Å². The number of aliphatic hydroxyl groups excluding tert-OH is 1. The van der Waals surface area contributed by atoms with Gasteiger partial charge in [-0.15, -0.1) is 0 Å². The molecule has 6 nitrogen and oxygen atoms in total. The Morgan fingerprint density at radius 2 is 1.28 bits per heavy atom. The normalized spacial score (nSPS) is 12.7. The second-order valence-corrected chi connectivity index (χ2v) is 9.87. The Balaban J connectivity index is 3.90. The third-order valence-electron chi connectivity index (χ3n) is 6.10. The highest BCUT2D eigenvalue weighted by Crippen LogP contribution is 2.09. The highest BCUT2D eigenvalue weighted by atomic mass is 16.6. The highest BCUT2D eigenvalue weighted by molar-refractivity contribution is 5.90. The van der Waals surface area contributed by atoms with E-state index in [1.807, 2.05) is 12.2 Å². The van der Waals surface area contributed by atoms with Crippen LogP contribution in [0.3, 0.4) is 0 Å². The maximum absolute atomic E-state index is 12.0. The third kappa shape index (κ3) is 26.9. The van der Waals surface area contributed by atoms with Crippen molar-refractivity contribution in [2.24, 2.45) is 0 Å². The lowest BCUT2D eigenvalue weighted by Gasteiger charge is -2.15. The summed E-state index contributed by atoms with van der Waals surface area (Å²) in [5.41, 5.74) is 0. The zero-order valence-electron chi connectivity index (χ0n) is 24.6. The summed E-state index contributed by atoms with van der Waals surface area (Å²) in [5, 5.41) is 9.42. The summed E-state index contributed by atoms with van der Waals surface area (Å²) in [5.74, 6) is -0.920. The summed E-state index contributed by atoms with van der Waals surface area (Å²) < 4.78 is 10.3. The first kappa shape index (κ1) is 36.5. The Bertz CT molecular complexity index is 734. The van der Waals surface area contributed by atoms with Crippen LogP contribution in [0, 0.1) is 0 Å². The van der Waals surface area contributed by atoms with Crippen LogP contribution in [0.5, 0.6) is 0 Å². The zero-order valence-corrected chi connectivity index (χ0v) is 24.6. The molecule has 0 bridgehead atoms. The number of rotatable bonds is 26. The number of aliphatic hydroxyl groups is 1. The number of esters is 2. The third-order valence-corrected chi connectivity index (χ3v) is 6.10. The van der Waals surface area contributed by atoms with Crippen molar-refractivity contribution in [2.75, 3.05) is 13.2 Å². The molecule has 0 heterocycles. The van der Waals surface area contributed by atoms with Gasteiger partial charge in [0.2, 0.25) is 0 Å². The topological polar surface area (TPSA) is 89.9 Å². The number of ether oxygens (including phenoxy) is 2. The van der Waals surface area contributed by atoms with E-state index in [9.17, 15) is 19.5 Å². The minimum absolute atomic E-state index is 0.0609. The summed E-state index contributed by atoms with van der Waals surface area (Å²) in [4.78, 5) is 35.8. The van der Waals surface area contributed by atoms with Crippen LogP contribution in [0.1, 0.15) is 123 Å². The van der Waals surface area contributed by atoms with Crippen molar-refractivity contribution in [2.45, 2.75) is 129 Å². The van der Waals surface area contributed by atoms with Crippen LogP contribution in [-0.4, -0.2) is 42.1 Å². The fraction of sp³-hybridized carbons (Fsp3) is 0.667. The van der Waals surface area contributed by atoms with Crippen molar-refractivity contribution in [3.8, 4) is 0 Å². The first-order chi connectivity index (χ1) is 19.0. The molecule has 0 saturated carbocycles. The standard InChI is InChI=1S/C33H54O6/c1-3-5-7-9-11-12-13-14-15-16-18-19-21-24-30(35)25-23-27-33(37)39-31(28-34)29-38-32(36)26-22-20-17-10-8-6-4-2/h11-12,14-15,18-19,21,24,31,34H,3-10,13,16-17,20,22-23,25-29H2,1-2H3/b12-11-,15-14-,19-18-,24-21+/t31-/m0/s1. The molecule has 0 fully saturated rings. The fourth-order valence-electron chi connectivity index (χ4n) is 3.74. The molecule has 222 valence electrons. The summed E-state index contributed by atoms with van der Waals surface area (Å²) in [6.07, 6.45) is 30.3. The molecule has 0 aliphatic heterocycles. The molecule has 0 aromatic rings. The molecule has 0 aliphatic carbocycles. The lowest BCUT2D eigenvalue weighted by atomic mass is 10.1. The van der Waals surface area contributed by atoms with Crippen LogP contribution in [-0.2, 0) is 23.9 Å². The molecule has 1 N–H and O–H groups in total. The predicted molar refractivity (Wildman–Crippen MR) is 159 cm³/mol. The second kappa shape index (κ2) is 28.5. The van der Waals surface area contributed by atoms with Crippen LogP contribution in [0.25, 0.3) is 0 Å². The molecule has 0 aliphatic rings. The Kier molecular flexibility index (Phi) is 26.7. The maximum Gasteiger partial charge on any atom is 0.306 e. The minimum atomic E-state index is -0.882. The van der Waals surface area contributed by atoms with Crippen molar-refractivity contribution in [3.63, 3.8) is 0 Å². The number of hydrogen-bond acceptors (Lipinski definition) is 6. The number of carbonyl (C=O) groups is 3. The van der Waals surface area contributed by atoms with E-state index in [1.165, 1.54) is 51.0 Å². The van der Waals surface area contributed by atoms with Crippen molar-refractivity contribution in [3.05, 3.63) is 48.6 Å². The predicted octanol–water partition coefficient (Wildman–Crippen LogP) is 7.90. The minimum Gasteiger partial charge on any atom is -0.462 e. The Hall–Kier alpha value is -2.47. The van der Waals surface area contributed by atoms with Gasteiger partial charge in [-0.1, -0.05) is 108 Å². The number of allylic oxidation sites excluding steroid dienone is 8. The lowest BCUT2D eigenvalue weighted by molar-refractivity contribution is -0.161. The van der Waals surface area contributed by atoms with Crippen LogP contribution in [0.2, 0.25) is 0 Å². The van der Waals surface area contributed by atoms with Gasteiger partial charge in [0, 0.05) is 19.3 Å². The number of hydrogen-bond donors (Lipinski definition) is 1. The van der Waals surface area contributed by atoms with Crippen molar-refractivity contribution >= 4 is 17.7 Å². The molecule has 0 radical (unpaired) electrons. The average Bonchev–Trinajstić information content (AvgIpc) is 2.93. The molecule has 0 rings (SSSR count). The molecular weight excluding hydrogens is 492 g/mol. The number of carbonyl (C=O) groups excluding carboxylic acids is 3. The van der Waals surface area contributed by atoms with Gasteiger partial charge in [0.25, 0.3) is 0 Å². The quantitative estimate of drug-likeness (QED) is 0.0390. The molecule has 6 heteroatoms. The van der Waals surface area contributed by atoms with Gasteiger partial charge in [-0.05, 0) is 44.6 Å². The molecule has 0 amide bonds. The lowest BCUT2D eigenvalue weighted by Crippen LogP contribution is -2.28. The molecule has 0 saturated heterocycles.